The second kappa shape index (κ2) is 55.2. The molecule has 0 aliphatic heterocycles. The van der Waals surface area contributed by atoms with Gasteiger partial charge in [-0.1, -0.05) is 221 Å². The molecule has 0 saturated carbocycles. The summed E-state index contributed by atoms with van der Waals surface area (Å²) in [6.45, 7) is 6.40. The molecule has 0 heterocycles. The Labute approximate surface area is 414 Å². The Bertz CT molecular complexity index is 1300. The van der Waals surface area contributed by atoms with E-state index in [1.165, 1.54) is 83.5 Å². The number of carbonyl (C=O) groups is 3. The van der Waals surface area contributed by atoms with E-state index in [1.807, 2.05) is 0 Å². The van der Waals surface area contributed by atoms with Crippen LogP contribution in [-0.4, -0.2) is 37.2 Å². The van der Waals surface area contributed by atoms with Crippen LogP contribution in [-0.2, 0) is 28.6 Å². The molecule has 0 rings (SSSR count). The molecule has 0 fully saturated rings. The predicted octanol–water partition coefficient (Wildman–Crippen LogP) is 18.8. The summed E-state index contributed by atoms with van der Waals surface area (Å²) in [6, 6.07) is 0. The summed E-state index contributed by atoms with van der Waals surface area (Å²) in [5, 5.41) is 0. The molecule has 0 aromatic carbocycles. The fraction of sp³-hybridized carbons (Fsp3) is 0.721. The van der Waals surface area contributed by atoms with Gasteiger partial charge in [0.1, 0.15) is 13.2 Å². The smallest absolute Gasteiger partial charge is 0.306 e. The van der Waals surface area contributed by atoms with Crippen molar-refractivity contribution in [2.24, 2.45) is 0 Å². The van der Waals surface area contributed by atoms with Crippen molar-refractivity contribution in [3.63, 3.8) is 0 Å². The molecule has 0 aromatic rings. The lowest BCUT2D eigenvalue weighted by Crippen LogP contribution is -2.30. The van der Waals surface area contributed by atoms with Crippen LogP contribution in [0.2, 0.25) is 0 Å². The van der Waals surface area contributed by atoms with Crippen LogP contribution in [0.1, 0.15) is 265 Å². The van der Waals surface area contributed by atoms with Gasteiger partial charge in [-0.3, -0.25) is 14.4 Å². The molecule has 0 aromatic heterocycles. The van der Waals surface area contributed by atoms with Crippen LogP contribution in [0.25, 0.3) is 0 Å². The summed E-state index contributed by atoms with van der Waals surface area (Å²) in [5.74, 6) is -0.924. The Morgan fingerprint density at radius 1 is 0.313 bits per heavy atom. The van der Waals surface area contributed by atoms with E-state index in [4.69, 9.17) is 14.2 Å². The lowest BCUT2D eigenvalue weighted by molar-refractivity contribution is -0.167. The SMILES string of the molecule is CC/C=C\C/C=C\C/C=C\C/C=C\CCCCCCCCC(=O)OCC(COC(=O)CCCCCCC/C=C\C/C=C\CC)OC(=O)CCCCCCC/C=C\CCCCCCCCCCC. The molecule has 0 radical (unpaired) electrons. The highest BCUT2D eigenvalue weighted by molar-refractivity contribution is 5.71. The van der Waals surface area contributed by atoms with E-state index >= 15 is 0 Å². The quantitative estimate of drug-likeness (QED) is 0.0262. The van der Waals surface area contributed by atoms with Crippen LogP contribution in [0.3, 0.4) is 0 Å². The Kier molecular flexibility index (Phi) is 52.4. The number of allylic oxidation sites excluding steroid dienone is 14. The third-order valence-electron chi connectivity index (χ3n) is 11.9. The molecule has 0 saturated heterocycles. The highest BCUT2D eigenvalue weighted by Gasteiger charge is 2.19. The molecular formula is C61H104O6. The first-order valence-corrected chi connectivity index (χ1v) is 28.1. The summed E-state index contributed by atoms with van der Waals surface area (Å²) in [4.78, 5) is 38.1. The van der Waals surface area contributed by atoms with Gasteiger partial charge in [-0.05, 0) is 109 Å². The molecule has 1 atom stereocenters. The van der Waals surface area contributed by atoms with Crippen molar-refractivity contribution in [1.82, 2.24) is 0 Å². The Morgan fingerprint density at radius 2 is 0.582 bits per heavy atom. The first kappa shape index (κ1) is 63.6. The van der Waals surface area contributed by atoms with Crippen molar-refractivity contribution < 1.29 is 28.6 Å². The highest BCUT2D eigenvalue weighted by Crippen LogP contribution is 2.15. The number of unbranched alkanes of at least 4 members (excludes halogenated alkanes) is 25. The lowest BCUT2D eigenvalue weighted by Gasteiger charge is -2.18. The number of carbonyl (C=O) groups excluding carboxylic acids is 3. The van der Waals surface area contributed by atoms with Gasteiger partial charge >= 0.3 is 17.9 Å². The van der Waals surface area contributed by atoms with Gasteiger partial charge in [0.25, 0.3) is 0 Å². The molecule has 1 unspecified atom stereocenters. The maximum atomic E-state index is 12.8. The standard InChI is InChI=1S/C61H104O6/c1-4-7-10-13-16-19-22-25-27-29-31-33-34-36-39-42-45-48-51-54-60(63)66-57-58(56-65-59(62)53-50-47-44-41-38-24-21-18-15-12-9-6-3)67-61(64)55-52-49-46-43-40-37-35-32-30-28-26-23-20-17-14-11-8-5-2/h7,9-10,12,16,18-19,21,25,27,31-33,35,58H,4-6,8,11,13-15,17,20,22-24,26,28-30,34,36-57H2,1-3H3/b10-7-,12-9-,19-16-,21-18-,27-25-,33-31-,35-32-. The maximum Gasteiger partial charge on any atom is 0.306 e. The minimum atomic E-state index is -0.793. The molecule has 0 aliphatic carbocycles. The fourth-order valence-corrected chi connectivity index (χ4v) is 7.70. The number of rotatable bonds is 50. The normalized spacial score (nSPS) is 12.7. The van der Waals surface area contributed by atoms with Crippen LogP contribution in [0.5, 0.6) is 0 Å². The molecule has 6 nitrogen and oxygen atoms in total. The van der Waals surface area contributed by atoms with Crippen LogP contribution >= 0.6 is 0 Å². The van der Waals surface area contributed by atoms with E-state index in [2.05, 4.69) is 106 Å². The zero-order valence-corrected chi connectivity index (χ0v) is 43.9. The van der Waals surface area contributed by atoms with Crippen molar-refractivity contribution in [3.8, 4) is 0 Å². The van der Waals surface area contributed by atoms with Crippen molar-refractivity contribution in [3.05, 3.63) is 85.1 Å². The zero-order chi connectivity index (χ0) is 48.6. The minimum absolute atomic E-state index is 0.0921. The van der Waals surface area contributed by atoms with E-state index in [1.54, 1.807) is 0 Å². The average Bonchev–Trinajstić information content (AvgIpc) is 3.33. The van der Waals surface area contributed by atoms with Crippen molar-refractivity contribution in [2.45, 2.75) is 271 Å². The maximum absolute atomic E-state index is 12.8. The van der Waals surface area contributed by atoms with Gasteiger partial charge in [-0.2, -0.15) is 0 Å². The Morgan fingerprint density at radius 3 is 0.925 bits per heavy atom. The van der Waals surface area contributed by atoms with Crippen molar-refractivity contribution in [1.29, 1.82) is 0 Å². The third kappa shape index (κ3) is 53.4. The van der Waals surface area contributed by atoms with Crippen molar-refractivity contribution in [2.75, 3.05) is 13.2 Å². The monoisotopic (exact) mass is 933 g/mol. The Balaban J connectivity index is 4.40. The van der Waals surface area contributed by atoms with E-state index in [-0.39, 0.29) is 31.1 Å². The summed E-state index contributed by atoms with van der Waals surface area (Å²) in [7, 11) is 0. The van der Waals surface area contributed by atoms with Crippen molar-refractivity contribution >= 4 is 17.9 Å². The topological polar surface area (TPSA) is 78.9 Å². The third-order valence-corrected chi connectivity index (χ3v) is 11.9. The number of hydrogen-bond donors (Lipinski definition) is 0. The molecule has 0 bridgehead atoms. The van der Waals surface area contributed by atoms with Gasteiger partial charge in [-0.25, -0.2) is 0 Å². The van der Waals surface area contributed by atoms with Crippen LogP contribution in [0.4, 0.5) is 0 Å². The summed E-state index contributed by atoms with van der Waals surface area (Å²) in [5.41, 5.74) is 0. The summed E-state index contributed by atoms with van der Waals surface area (Å²) < 4.78 is 16.8. The molecule has 0 spiro atoms. The Hall–Kier alpha value is -3.41. The summed E-state index contributed by atoms with van der Waals surface area (Å²) >= 11 is 0. The van der Waals surface area contributed by atoms with E-state index in [0.717, 1.165) is 141 Å². The molecule has 0 aliphatic rings. The molecular weight excluding hydrogens is 829 g/mol. The first-order valence-electron chi connectivity index (χ1n) is 28.1. The largest absolute Gasteiger partial charge is 0.462 e. The van der Waals surface area contributed by atoms with Gasteiger partial charge in [0.2, 0.25) is 0 Å². The lowest BCUT2D eigenvalue weighted by atomic mass is 10.1. The predicted molar refractivity (Wildman–Crippen MR) is 288 cm³/mol. The highest BCUT2D eigenvalue weighted by atomic mass is 16.6. The molecule has 0 N–H and O–H groups in total. The van der Waals surface area contributed by atoms with Crippen LogP contribution in [0.15, 0.2) is 85.1 Å². The number of esters is 3. The molecule has 384 valence electrons. The first-order chi connectivity index (χ1) is 33.0. The van der Waals surface area contributed by atoms with Gasteiger partial charge < -0.3 is 14.2 Å². The van der Waals surface area contributed by atoms with Gasteiger partial charge in [0.05, 0.1) is 0 Å². The van der Waals surface area contributed by atoms with E-state index < -0.39 is 6.10 Å². The van der Waals surface area contributed by atoms with E-state index in [0.29, 0.717) is 19.3 Å². The second-order valence-electron chi connectivity index (χ2n) is 18.4. The minimum Gasteiger partial charge on any atom is -0.462 e. The zero-order valence-electron chi connectivity index (χ0n) is 43.9. The van der Waals surface area contributed by atoms with Crippen LogP contribution < -0.4 is 0 Å². The van der Waals surface area contributed by atoms with Gasteiger partial charge in [0.15, 0.2) is 6.10 Å². The van der Waals surface area contributed by atoms with Gasteiger partial charge in [0, 0.05) is 19.3 Å². The average molecular weight is 933 g/mol. The molecule has 6 heteroatoms. The fourth-order valence-electron chi connectivity index (χ4n) is 7.70. The van der Waals surface area contributed by atoms with E-state index in [9.17, 15) is 14.4 Å². The van der Waals surface area contributed by atoms with Gasteiger partial charge in [-0.15, -0.1) is 0 Å². The second-order valence-corrected chi connectivity index (χ2v) is 18.4. The molecule has 0 amide bonds. The number of ether oxygens (including phenoxy) is 3. The molecule has 67 heavy (non-hydrogen) atoms. The number of hydrogen-bond acceptors (Lipinski definition) is 6. The summed E-state index contributed by atoms with van der Waals surface area (Å²) in [6.07, 6.45) is 71.4. The van der Waals surface area contributed by atoms with Crippen LogP contribution in [0, 0.1) is 0 Å².